The smallest absolute Gasteiger partial charge is 0.419 e. The average Bonchev–Trinajstić information content (AvgIpc) is 2.94. The molecule has 1 aromatic carbocycles. The second-order valence-electron chi connectivity index (χ2n) is 9.43. The Morgan fingerprint density at radius 1 is 1.00 bits per heavy atom. The minimum atomic E-state index is -4.53. The van der Waals surface area contributed by atoms with Crippen LogP contribution in [-0.2, 0) is 11.0 Å². The molecule has 2 aliphatic rings. The highest BCUT2D eigenvalue weighted by Gasteiger charge is 2.36. The fourth-order valence-corrected chi connectivity index (χ4v) is 5.14. The summed E-state index contributed by atoms with van der Waals surface area (Å²) in [5.74, 6) is -0.962. The molecule has 1 unspecified atom stereocenters. The number of hydrogen-bond donors (Lipinski definition) is 1. The fraction of sp³-hybridized carbons (Fsp3) is 0.385. The van der Waals surface area contributed by atoms with Crippen LogP contribution < -0.4 is 14.7 Å². The standard InChI is InChI=1S/C26H25ClF4N6O2/c27-18-14-16(6-7-19(18)28)20-15-22(34-25(33-20)37-9-2-1-5-21(37)24(38)39)35-10-12-36(13-11-35)23-17(26(29,30)31)4-3-8-32-23/h3-4,6-8,14-15,21H,1-2,5,9-13H2,(H,38,39). The van der Waals surface area contributed by atoms with E-state index in [-0.39, 0.29) is 29.9 Å². The number of hydrogen-bond acceptors (Lipinski definition) is 7. The van der Waals surface area contributed by atoms with Gasteiger partial charge in [0, 0.05) is 50.6 Å². The third-order valence-corrected chi connectivity index (χ3v) is 7.25. The van der Waals surface area contributed by atoms with Crippen LogP contribution in [0, 0.1) is 5.82 Å². The Hall–Kier alpha value is -3.67. The maximum absolute atomic E-state index is 13.8. The van der Waals surface area contributed by atoms with Crippen molar-refractivity contribution in [1.82, 2.24) is 15.0 Å². The van der Waals surface area contributed by atoms with Gasteiger partial charge in [0.25, 0.3) is 0 Å². The molecule has 0 aliphatic carbocycles. The summed E-state index contributed by atoms with van der Waals surface area (Å²) in [6, 6.07) is 7.38. The minimum Gasteiger partial charge on any atom is -0.480 e. The third kappa shape index (κ3) is 5.70. The lowest BCUT2D eigenvalue weighted by Gasteiger charge is -2.38. The van der Waals surface area contributed by atoms with Gasteiger partial charge in [0.05, 0.1) is 16.3 Å². The monoisotopic (exact) mass is 564 g/mol. The summed E-state index contributed by atoms with van der Waals surface area (Å²) >= 11 is 6.02. The van der Waals surface area contributed by atoms with Crippen molar-refractivity contribution in [3.63, 3.8) is 0 Å². The van der Waals surface area contributed by atoms with Gasteiger partial charge in [-0.3, -0.25) is 0 Å². The number of alkyl halides is 3. The first-order valence-corrected chi connectivity index (χ1v) is 12.9. The number of carboxylic acid groups (broad SMARTS) is 1. The van der Waals surface area contributed by atoms with Gasteiger partial charge in [0.15, 0.2) is 0 Å². The number of rotatable bonds is 5. The zero-order valence-electron chi connectivity index (χ0n) is 20.7. The Balaban J connectivity index is 1.47. The molecule has 1 N–H and O–H groups in total. The van der Waals surface area contributed by atoms with Crippen LogP contribution >= 0.6 is 11.6 Å². The number of carbonyl (C=O) groups is 1. The SMILES string of the molecule is O=C(O)C1CCCCN1c1nc(-c2ccc(F)c(Cl)c2)cc(N2CCN(c3ncccc3C(F)(F)F)CC2)n1. The zero-order chi connectivity index (χ0) is 27.7. The number of nitrogens with zero attached hydrogens (tertiary/aromatic N) is 6. The van der Waals surface area contributed by atoms with Crippen LogP contribution in [0.15, 0.2) is 42.6 Å². The van der Waals surface area contributed by atoms with Gasteiger partial charge in [-0.15, -0.1) is 0 Å². The van der Waals surface area contributed by atoms with Crippen LogP contribution in [0.2, 0.25) is 5.02 Å². The van der Waals surface area contributed by atoms with E-state index in [9.17, 15) is 27.5 Å². The molecule has 2 aromatic heterocycles. The highest BCUT2D eigenvalue weighted by molar-refractivity contribution is 6.31. The van der Waals surface area contributed by atoms with Gasteiger partial charge < -0.3 is 19.8 Å². The zero-order valence-corrected chi connectivity index (χ0v) is 21.5. The van der Waals surface area contributed by atoms with Crippen LogP contribution in [0.4, 0.5) is 35.1 Å². The molecule has 4 heterocycles. The van der Waals surface area contributed by atoms with Gasteiger partial charge >= 0.3 is 12.1 Å². The van der Waals surface area contributed by atoms with E-state index in [0.29, 0.717) is 43.1 Å². The number of piperazine rings is 1. The van der Waals surface area contributed by atoms with E-state index < -0.39 is 29.6 Å². The van der Waals surface area contributed by atoms with Crippen molar-refractivity contribution in [3.05, 3.63) is 59.0 Å². The van der Waals surface area contributed by atoms with E-state index in [1.807, 2.05) is 4.90 Å². The molecular formula is C26H25ClF4N6O2. The molecule has 206 valence electrons. The van der Waals surface area contributed by atoms with Crippen molar-refractivity contribution in [3.8, 4) is 11.3 Å². The van der Waals surface area contributed by atoms with Crippen LogP contribution in [0.3, 0.4) is 0 Å². The Morgan fingerprint density at radius 2 is 1.74 bits per heavy atom. The summed E-state index contributed by atoms with van der Waals surface area (Å²) in [6.07, 6.45) is -1.19. The molecule has 2 saturated heterocycles. The maximum Gasteiger partial charge on any atom is 0.419 e. The summed E-state index contributed by atoms with van der Waals surface area (Å²) in [6.45, 7) is 1.67. The van der Waals surface area contributed by atoms with E-state index in [1.54, 1.807) is 15.9 Å². The lowest BCUT2D eigenvalue weighted by atomic mass is 10.0. The van der Waals surface area contributed by atoms with Gasteiger partial charge in [-0.05, 0) is 49.6 Å². The second kappa shape index (κ2) is 10.8. The summed E-state index contributed by atoms with van der Waals surface area (Å²) < 4.78 is 54.5. The molecule has 0 spiro atoms. The number of halogens is 5. The van der Waals surface area contributed by atoms with Gasteiger partial charge in [-0.2, -0.15) is 18.2 Å². The van der Waals surface area contributed by atoms with E-state index >= 15 is 0 Å². The molecule has 8 nitrogen and oxygen atoms in total. The minimum absolute atomic E-state index is 0.0833. The molecule has 0 radical (unpaired) electrons. The van der Waals surface area contributed by atoms with Crippen molar-refractivity contribution >= 4 is 35.2 Å². The molecule has 2 fully saturated rings. The molecule has 13 heteroatoms. The predicted octanol–water partition coefficient (Wildman–Crippen LogP) is 5.12. The van der Waals surface area contributed by atoms with Crippen molar-refractivity contribution in [2.45, 2.75) is 31.5 Å². The van der Waals surface area contributed by atoms with Crippen LogP contribution in [0.5, 0.6) is 0 Å². The van der Waals surface area contributed by atoms with E-state index in [4.69, 9.17) is 11.6 Å². The number of anilines is 3. The van der Waals surface area contributed by atoms with Crippen molar-refractivity contribution in [2.75, 3.05) is 47.4 Å². The number of benzene rings is 1. The Morgan fingerprint density at radius 3 is 2.44 bits per heavy atom. The van der Waals surface area contributed by atoms with E-state index in [1.165, 1.54) is 30.5 Å². The van der Waals surface area contributed by atoms with Gasteiger partial charge in [-0.25, -0.2) is 19.2 Å². The van der Waals surface area contributed by atoms with Crippen LogP contribution in [-0.4, -0.2) is 64.8 Å². The fourth-order valence-electron chi connectivity index (χ4n) is 4.96. The summed E-state index contributed by atoms with van der Waals surface area (Å²) in [5, 5.41) is 9.72. The first kappa shape index (κ1) is 26.9. The molecule has 3 aromatic rings. The Labute approximate surface area is 226 Å². The highest BCUT2D eigenvalue weighted by atomic mass is 35.5. The summed E-state index contributed by atoms with van der Waals surface area (Å²) in [5.41, 5.74) is 0.165. The number of piperidine rings is 1. The second-order valence-corrected chi connectivity index (χ2v) is 9.84. The topological polar surface area (TPSA) is 85.7 Å². The largest absolute Gasteiger partial charge is 0.480 e. The molecule has 0 bridgehead atoms. The van der Waals surface area contributed by atoms with E-state index in [0.717, 1.165) is 18.9 Å². The molecular weight excluding hydrogens is 540 g/mol. The maximum atomic E-state index is 13.8. The predicted molar refractivity (Wildman–Crippen MR) is 139 cm³/mol. The Bertz CT molecular complexity index is 1370. The number of aliphatic carboxylic acids is 1. The lowest BCUT2D eigenvalue weighted by molar-refractivity contribution is -0.139. The molecule has 0 saturated carbocycles. The summed E-state index contributed by atoms with van der Waals surface area (Å²) in [4.78, 5) is 30.4. The summed E-state index contributed by atoms with van der Waals surface area (Å²) in [7, 11) is 0. The molecule has 2 aliphatic heterocycles. The van der Waals surface area contributed by atoms with E-state index in [2.05, 4.69) is 15.0 Å². The van der Waals surface area contributed by atoms with Gasteiger partial charge in [0.2, 0.25) is 5.95 Å². The van der Waals surface area contributed by atoms with Crippen molar-refractivity contribution in [2.24, 2.45) is 0 Å². The quantitative estimate of drug-likeness (QED) is 0.428. The average molecular weight is 565 g/mol. The highest BCUT2D eigenvalue weighted by Crippen LogP contribution is 2.36. The first-order valence-electron chi connectivity index (χ1n) is 12.5. The third-order valence-electron chi connectivity index (χ3n) is 6.96. The molecule has 5 rings (SSSR count). The van der Waals surface area contributed by atoms with Gasteiger partial charge in [-0.1, -0.05) is 11.6 Å². The first-order chi connectivity index (χ1) is 18.6. The molecule has 0 amide bonds. The molecule has 1 atom stereocenters. The number of aromatic nitrogens is 3. The normalized spacial score (nSPS) is 18.4. The van der Waals surface area contributed by atoms with Crippen LogP contribution in [0.1, 0.15) is 24.8 Å². The number of carboxylic acids is 1. The van der Waals surface area contributed by atoms with Crippen molar-refractivity contribution in [1.29, 1.82) is 0 Å². The lowest BCUT2D eigenvalue weighted by Crippen LogP contribution is -2.48. The van der Waals surface area contributed by atoms with Gasteiger partial charge in [0.1, 0.15) is 23.5 Å². The van der Waals surface area contributed by atoms with Crippen LogP contribution in [0.25, 0.3) is 11.3 Å². The van der Waals surface area contributed by atoms with Crippen molar-refractivity contribution < 1.29 is 27.5 Å². The number of pyridine rings is 1. The Kier molecular flexibility index (Phi) is 7.48. The molecule has 39 heavy (non-hydrogen) atoms.